The van der Waals surface area contributed by atoms with Gasteiger partial charge in [0.05, 0.1) is 5.56 Å². The maximum absolute atomic E-state index is 12.6. The maximum Gasteiger partial charge on any atom is 0.411 e. The molecule has 0 atom stereocenters. The summed E-state index contributed by atoms with van der Waals surface area (Å²) < 4.78 is 35.5. The highest BCUT2D eigenvalue weighted by atomic mass is 19.3. The van der Waals surface area contributed by atoms with Crippen LogP contribution in [0.2, 0.25) is 0 Å². The number of alkyl halides is 2. The predicted octanol–water partition coefficient (Wildman–Crippen LogP) is 5.39. The van der Waals surface area contributed by atoms with Crippen LogP contribution in [0.5, 0.6) is 5.75 Å². The summed E-state index contributed by atoms with van der Waals surface area (Å²) in [4.78, 5) is 24.1. The second kappa shape index (κ2) is 9.05. The molecular formula is C24H19F2NO5. The molecule has 3 aromatic carbocycles. The first kappa shape index (κ1) is 21.3. The second-order valence-corrected chi connectivity index (χ2v) is 7.14. The van der Waals surface area contributed by atoms with E-state index in [0.29, 0.717) is 0 Å². The Bertz CT molecular complexity index is 1120. The average Bonchev–Trinajstić information content (AvgIpc) is 3.10. The highest BCUT2D eigenvalue weighted by molar-refractivity contribution is 6.00. The average molecular weight is 439 g/mol. The number of aromatic carboxylic acids is 1. The van der Waals surface area contributed by atoms with Crippen LogP contribution in [0.3, 0.4) is 0 Å². The number of fused-ring (bicyclic) bond motifs is 3. The van der Waals surface area contributed by atoms with Gasteiger partial charge in [-0.05, 0) is 34.4 Å². The number of rotatable bonds is 7. The van der Waals surface area contributed by atoms with E-state index in [4.69, 9.17) is 9.47 Å². The van der Waals surface area contributed by atoms with Crippen LogP contribution in [-0.4, -0.2) is 36.8 Å². The first-order valence-corrected chi connectivity index (χ1v) is 9.85. The number of amides is 1. The monoisotopic (exact) mass is 439 g/mol. The number of benzene rings is 3. The molecule has 0 aliphatic heterocycles. The Hall–Kier alpha value is -3.94. The standard InChI is InChI=1S/C24H19F2NO5/c25-21(26)13-31-20-11-5-10-18(23(28)29)22(20)27-24(30)32-12-19-16-8-3-1-6-14(16)15-7-2-4-9-17(15)19/h1-11,19,21H,12-13H2,(H,27,30)(H,28,29). The fourth-order valence-electron chi connectivity index (χ4n) is 3.85. The summed E-state index contributed by atoms with van der Waals surface area (Å²) in [6.45, 7) is -0.926. The number of carbonyl (C=O) groups is 2. The van der Waals surface area contributed by atoms with Gasteiger partial charge in [-0.2, -0.15) is 0 Å². The third-order valence-corrected chi connectivity index (χ3v) is 5.19. The van der Waals surface area contributed by atoms with Gasteiger partial charge in [-0.25, -0.2) is 18.4 Å². The molecule has 6 nitrogen and oxygen atoms in total. The minimum Gasteiger partial charge on any atom is -0.485 e. The van der Waals surface area contributed by atoms with E-state index in [1.54, 1.807) is 0 Å². The molecule has 0 aromatic heterocycles. The van der Waals surface area contributed by atoms with Crippen molar-refractivity contribution in [2.24, 2.45) is 0 Å². The first-order chi connectivity index (χ1) is 15.5. The van der Waals surface area contributed by atoms with Crippen LogP contribution in [0.4, 0.5) is 19.3 Å². The number of hydrogen-bond acceptors (Lipinski definition) is 4. The summed E-state index contributed by atoms with van der Waals surface area (Å²) in [7, 11) is 0. The first-order valence-electron chi connectivity index (χ1n) is 9.85. The highest BCUT2D eigenvalue weighted by Gasteiger charge is 2.29. The van der Waals surface area contributed by atoms with E-state index in [1.165, 1.54) is 18.2 Å². The largest absolute Gasteiger partial charge is 0.485 e. The summed E-state index contributed by atoms with van der Waals surface area (Å²) in [5.74, 6) is -1.71. The van der Waals surface area contributed by atoms with Crippen molar-refractivity contribution in [3.8, 4) is 16.9 Å². The van der Waals surface area contributed by atoms with Crippen molar-refractivity contribution in [2.75, 3.05) is 18.5 Å². The molecule has 1 amide bonds. The molecule has 0 fully saturated rings. The van der Waals surface area contributed by atoms with Crippen molar-refractivity contribution in [1.82, 2.24) is 0 Å². The lowest BCUT2D eigenvalue weighted by molar-refractivity contribution is 0.0696. The summed E-state index contributed by atoms with van der Waals surface area (Å²) in [6.07, 6.45) is -3.67. The fraction of sp³-hybridized carbons (Fsp3) is 0.167. The van der Waals surface area contributed by atoms with Crippen molar-refractivity contribution in [1.29, 1.82) is 0 Å². The number of para-hydroxylation sites is 1. The third kappa shape index (κ3) is 4.25. The molecule has 0 radical (unpaired) electrons. The minimum absolute atomic E-state index is 0.0162. The number of anilines is 1. The Morgan fingerprint density at radius 3 is 2.16 bits per heavy atom. The Balaban J connectivity index is 1.52. The molecule has 0 spiro atoms. The van der Waals surface area contributed by atoms with Gasteiger partial charge in [0.2, 0.25) is 0 Å². The Labute approximate surface area is 182 Å². The molecular weight excluding hydrogens is 420 g/mol. The third-order valence-electron chi connectivity index (χ3n) is 5.19. The van der Waals surface area contributed by atoms with Crippen molar-refractivity contribution in [2.45, 2.75) is 12.3 Å². The molecule has 0 saturated carbocycles. The lowest BCUT2D eigenvalue weighted by Gasteiger charge is -2.17. The molecule has 1 aliphatic carbocycles. The zero-order valence-electron chi connectivity index (χ0n) is 16.8. The lowest BCUT2D eigenvalue weighted by Crippen LogP contribution is -2.20. The van der Waals surface area contributed by atoms with Crippen LogP contribution >= 0.6 is 0 Å². The molecule has 8 heteroatoms. The highest BCUT2D eigenvalue weighted by Crippen LogP contribution is 2.44. The van der Waals surface area contributed by atoms with Gasteiger partial charge in [0.1, 0.15) is 24.7 Å². The molecule has 32 heavy (non-hydrogen) atoms. The SMILES string of the molecule is O=C(Nc1c(OCC(F)F)cccc1C(=O)O)OCC1c2ccccc2-c2ccccc21. The summed E-state index contributed by atoms with van der Waals surface area (Å²) in [5.41, 5.74) is 3.64. The zero-order valence-corrected chi connectivity index (χ0v) is 16.8. The minimum atomic E-state index is -2.76. The number of hydrogen-bond donors (Lipinski definition) is 2. The summed E-state index contributed by atoms with van der Waals surface area (Å²) in [6, 6.07) is 19.5. The summed E-state index contributed by atoms with van der Waals surface area (Å²) >= 11 is 0. The number of carboxylic acid groups (broad SMARTS) is 1. The van der Waals surface area contributed by atoms with Crippen LogP contribution in [0, 0.1) is 0 Å². The Kier molecular flexibility index (Phi) is 6.02. The molecule has 3 aromatic rings. The molecule has 1 aliphatic rings. The van der Waals surface area contributed by atoms with Crippen molar-refractivity contribution in [3.05, 3.63) is 83.4 Å². The van der Waals surface area contributed by atoms with E-state index in [9.17, 15) is 23.5 Å². The van der Waals surface area contributed by atoms with Crippen LogP contribution in [-0.2, 0) is 4.74 Å². The van der Waals surface area contributed by atoms with E-state index in [2.05, 4.69) is 5.32 Å². The number of carboxylic acids is 1. The van der Waals surface area contributed by atoms with Crippen molar-refractivity contribution in [3.63, 3.8) is 0 Å². The second-order valence-electron chi connectivity index (χ2n) is 7.14. The quantitative estimate of drug-likeness (QED) is 0.516. The van der Waals surface area contributed by atoms with E-state index < -0.39 is 25.1 Å². The molecule has 2 N–H and O–H groups in total. The smallest absolute Gasteiger partial charge is 0.411 e. The number of carbonyl (C=O) groups excluding carboxylic acids is 1. The van der Waals surface area contributed by atoms with Gasteiger partial charge in [0, 0.05) is 5.92 Å². The predicted molar refractivity (Wildman–Crippen MR) is 114 cm³/mol. The van der Waals surface area contributed by atoms with E-state index in [1.807, 2.05) is 48.5 Å². The van der Waals surface area contributed by atoms with Gasteiger partial charge >= 0.3 is 12.1 Å². The van der Waals surface area contributed by atoms with Gasteiger partial charge in [-0.3, -0.25) is 5.32 Å². The molecule has 0 heterocycles. The zero-order chi connectivity index (χ0) is 22.7. The fourth-order valence-corrected chi connectivity index (χ4v) is 3.85. The molecule has 0 unspecified atom stereocenters. The lowest BCUT2D eigenvalue weighted by atomic mass is 9.98. The van der Waals surface area contributed by atoms with Gasteiger partial charge in [0.25, 0.3) is 6.43 Å². The van der Waals surface area contributed by atoms with E-state index in [0.717, 1.165) is 22.3 Å². The Morgan fingerprint density at radius 1 is 0.938 bits per heavy atom. The van der Waals surface area contributed by atoms with Crippen molar-refractivity contribution < 1.29 is 33.0 Å². The maximum atomic E-state index is 12.6. The topological polar surface area (TPSA) is 84.9 Å². The number of halogens is 2. The van der Waals surface area contributed by atoms with Crippen LogP contribution in [0.1, 0.15) is 27.4 Å². The van der Waals surface area contributed by atoms with Gasteiger partial charge in [-0.15, -0.1) is 0 Å². The van der Waals surface area contributed by atoms with Gasteiger partial charge < -0.3 is 14.6 Å². The van der Waals surface area contributed by atoms with Crippen LogP contribution in [0.25, 0.3) is 11.1 Å². The number of nitrogens with one attached hydrogen (secondary N) is 1. The van der Waals surface area contributed by atoms with Gasteiger partial charge in [0.15, 0.2) is 0 Å². The number of ether oxygens (including phenoxy) is 2. The van der Waals surface area contributed by atoms with Crippen LogP contribution < -0.4 is 10.1 Å². The molecule has 164 valence electrons. The van der Waals surface area contributed by atoms with Gasteiger partial charge in [-0.1, -0.05) is 54.6 Å². The molecule has 0 bridgehead atoms. The molecule has 0 saturated heterocycles. The van der Waals surface area contributed by atoms with E-state index in [-0.39, 0.29) is 29.5 Å². The Morgan fingerprint density at radius 2 is 1.56 bits per heavy atom. The van der Waals surface area contributed by atoms with E-state index >= 15 is 0 Å². The normalized spacial score (nSPS) is 12.2. The van der Waals surface area contributed by atoms with Crippen molar-refractivity contribution >= 4 is 17.7 Å². The molecule has 4 rings (SSSR count). The summed E-state index contributed by atoms with van der Waals surface area (Å²) in [5, 5.41) is 11.7. The van der Waals surface area contributed by atoms with Crippen LogP contribution in [0.15, 0.2) is 66.7 Å².